The number of aromatic nitrogens is 2. The molecule has 2 bridgehead atoms. The Kier molecular flexibility index (Phi) is 4.08. The van der Waals surface area contributed by atoms with Crippen molar-refractivity contribution in [3.63, 3.8) is 0 Å². The summed E-state index contributed by atoms with van der Waals surface area (Å²) in [7, 11) is 0. The average molecular weight is 380 g/mol. The van der Waals surface area contributed by atoms with Gasteiger partial charge in [-0.3, -0.25) is 9.78 Å². The lowest BCUT2D eigenvalue weighted by molar-refractivity contribution is 0.303. The first-order valence-corrected chi connectivity index (χ1v) is 10.8. The second-order valence-corrected chi connectivity index (χ2v) is 9.24. The molecule has 0 radical (unpaired) electrons. The highest BCUT2D eigenvalue weighted by Gasteiger charge is 2.41. The van der Waals surface area contributed by atoms with E-state index < -0.39 is 0 Å². The Balaban J connectivity index is 1.44. The second kappa shape index (κ2) is 6.48. The van der Waals surface area contributed by atoms with Crippen molar-refractivity contribution in [1.82, 2.24) is 9.97 Å². The van der Waals surface area contributed by atoms with Crippen molar-refractivity contribution in [2.75, 3.05) is 5.32 Å². The molecule has 140 valence electrons. The fraction of sp³-hybridized carbons (Fsp3) is 0.455. The molecule has 5 rings (SSSR count). The van der Waals surface area contributed by atoms with Gasteiger partial charge in [0.05, 0.1) is 5.39 Å². The van der Waals surface area contributed by atoms with Crippen LogP contribution in [-0.2, 0) is 0 Å². The number of aromatic amines is 1. The van der Waals surface area contributed by atoms with Gasteiger partial charge in [0.15, 0.2) is 0 Å². The fourth-order valence-corrected chi connectivity index (χ4v) is 6.14. The van der Waals surface area contributed by atoms with Gasteiger partial charge in [-0.25, -0.2) is 4.98 Å². The zero-order valence-corrected chi connectivity index (χ0v) is 16.6. The largest absolute Gasteiger partial charge is 0.353 e. The van der Waals surface area contributed by atoms with Gasteiger partial charge >= 0.3 is 0 Å². The molecule has 5 heteroatoms. The third-order valence-corrected chi connectivity index (χ3v) is 7.48. The monoisotopic (exact) mass is 379 g/mol. The maximum atomic E-state index is 12.8. The summed E-state index contributed by atoms with van der Waals surface area (Å²) in [5.41, 5.74) is 3.19. The Hall–Kier alpha value is -2.14. The summed E-state index contributed by atoms with van der Waals surface area (Å²) in [6.45, 7) is 4.31. The first-order chi connectivity index (χ1) is 13.1. The maximum absolute atomic E-state index is 12.8. The van der Waals surface area contributed by atoms with Crippen LogP contribution in [0.25, 0.3) is 21.3 Å². The highest BCUT2D eigenvalue weighted by Crippen LogP contribution is 2.49. The molecule has 1 aromatic carbocycles. The summed E-state index contributed by atoms with van der Waals surface area (Å²) < 4.78 is 0. The summed E-state index contributed by atoms with van der Waals surface area (Å²) in [6.07, 6.45) is 5.49. The quantitative estimate of drug-likeness (QED) is 0.655. The molecule has 3 aromatic rings. The number of hydrogen-bond acceptors (Lipinski definition) is 4. The van der Waals surface area contributed by atoms with Crippen LogP contribution >= 0.6 is 11.3 Å². The van der Waals surface area contributed by atoms with E-state index in [1.165, 1.54) is 31.2 Å². The minimum Gasteiger partial charge on any atom is -0.353 e. The van der Waals surface area contributed by atoms with E-state index in [1.807, 2.05) is 5.38 Å². The zero-order valence-electron chi connectivity index (χ0n) is 15.8. The Labute approximate surface area is 163 Å². The molecule has 4 unspecified atom stereocenters. The Morgan fingerprint density at radius 3 is 2.74 bits per heavy atom. The van der Waals surface area contributed by atoms with Crippen LogP contribution in [0.2, 0.25) is 0 Å². The summed E-state index contributed by atoms with van der Waals surface area (Å²) in [6, 6.07) is 8.64. The van der Waals surface area contributed by atoms with E-state index in [0.29, 0.717) is 23.3 Å². The molecular weight excluding hydrogens is 354 g/mol. The molecule has 0 amide bonds. The van der Waals surface area contributed by atoms with Crippen molar-refractivity contribution >= 4 is 27.5 Å². The lowest BCUT2D eigenvalue weighted by atomic mass is 9.84. The van der Waals surface area contributed by atoms with E-state index in [0.717, 1.165) is 27.8 Å². The number of nitrogens with zero attached hydrogens (tertiary/aromatic N) is 1. The number of fused-ring (bicyclic) bond motifs is 3. The Morgan fingerprint density at radius 2 is 2.04 bits per heavy atom. The number of benzene rings is 1. The normalized spacial score (nSPS) is 25.2. The topological polar surface area (TPSA) is 57.8 Å². The van der Waals surface area contributed by atoms with Gasteiger partial charge in [-0.2, -0.15) is 0 Å². The van der Waals surface area contributed by atoms with Crippen LogP contribution < -0.4 is 10.9 Å². The van der Waals surface area contributed by atoms with Gasteiger partial charge in [0.1, 0.15) is 4.83 Å². The predicted molar refractivity (Wildman–Crippen MR) is 112 cm³/mol. The lowest BCUT2D eigenvalue weighted by Gasteiger charge is -2.28. The van der Waals surface area contributed by atoms with Crippen LogP contribution in [-0.4, -0.2) is 16.0 Å². The molecule has 2 fully saturated rings. The Bertz CT molecular complexity index is 1040. The van der Waals surface area contributed by atoms with E-state index in [-0.39, 0.29) is 5.56 Å². The van der Waals surface area contributed by atoms with Crippen molar-refractivity contribution in [2.24, 2.45) is 17.8 Å². The number of rotatable bonds is 4. The highest BCUT2D eigenvalue weighted by molar-refractivity contribution is 7.17. The number of H-pyrrole nitrogens is 1. The van der Waals surface area contributed by atoms with Crippen molar-refractivity contribution in [1.29, 1.82) is 0 Å². The van der Waals surface area contributed by atoms with Crippen LogP contribution in [0.1, 0.15) is 38.2 Å². The van der Waals surface area contributed by atoms with E-state index in [4.69, 9.17) is 4.98 Å². The van der Waals surface area contributed by atoms with Gasteiger partial charge in [0, 0.05) is 17.0 Å². The summed E-state index contributed by atoms with van der Waals surface area (Å²) in [4.78, 5) is 21.3. The SMILES string of the molecule is Cc1ccc(-c2csc3nc(NC(C)C4CC5CCC4C5)[nH]c(=O)c23)cc1. The molecule has 2 aliphatic carbocycles. The first kappa shape index (κ1) is 17.0. The molecule has 0 aliphatic heterocycles. The standard InChI is InChI=1S/C22H25N3OS/c1-12-3-6-15(7-4-12)18-11-27-21-19(18)20(26)24-22(25-21)23-13(2)17-10-14-5-8-16(17)9-14/h3-4,6-7,11,13-14,16-17H,5,8-10H2,1-2H3,(H2,23,24,25,26). The third-order valence-electron chi connectivity index (χ3n) is 6.61. The van der Waals surface area contributed by atoms with Crippen LogP contribution in [0.3, 0.4) is 0 Å². The van der Waals surface area contributed by atoms with Crippen molar-refractivity contribution in [3.05, 3.63) is 45.6 Å². The Morgan fingerprint density at radius 1 is 1.22 bits per heavy atom. The van der Waals surface area contributed by atoms with Crippen LogP contribution in [0, 0.1) is 24.7 Å². The van der Waals surface area contributed by atoms with E-state index in [2.05, 4.69) is 48.4 Å². The summed E-state index contributed by atoms with van der Waals surface area (Å²) >= 11 is 1.54. The smallest absolute Gasteiger partial charge is 0.261 e. The minimum absolute atomic E-state index is 0.0560. The van der Waals surface area contributed by atoms with Gasteiger partial charge in [-0.1, -0.05) is 36.2 Å². The molecule has 2 heterocycles. The van der Waals surface area contributed by atoms with Gasteiger partial charge in [-0.05, 0) is 56.4 Å². The number of hydrogen-bond donors (Lipinski definition) is 2. The molecule has 2 N–H and O–H groups in total. The minimum atomic E-state index is -0.0560. The first-order valence-electron chi connectivity index (χ1n) is 9.93. The number of thiophene rings is 1. The average Bonchev–Trinajstić information content (AvgIpc) is 3.37. The summed E-state index contributed by atoms with van der Waals surface area (Å²) in [5, 5.41) is 6.24. The highest BCUT2D eigenvalue weighted by atomic mass is 32.1. The molecule has 4 nitrogen and oxygen atoms in total. The molecule has 4 atom stereocenters. The van der Waals surface area contributed by atoms with Crippen molar-refractivity contribution in [2.45, 2.75) is 45.6 Å². The second-order valence-electron chi connectivity index (χ2n) is 8.38. The van der Waals surface area contributed by atoms with Gasteiger partial charge < -0.3 is 5.32 Å². The predicted octanol–water partition coefficient (Wildman–Crippen LogP) is 5.20. The van der Waals surface area contributed by atoms with E-state index >= 15 is 0 Å². The third kappa shape index (κ3) is 2.98. The van der Waals surface area contributed by atoms with Gasteiger partial charge in [0.2, 0.25) is 5.95 Å². The fourth-order valence-electron chi connectivity index (χ4n) is 5.19. The van der Waals surface area contributed by atoms with Crippen LogP contribution in [0.4, 0.5) is 5.95 Å². The van der Waals surface area contributed by atoms with Crippen LogP contribution in [0.15, 0.2) is 34.4 Å². The molecular formula is C22H25N3OS. The van der Waals surface area contributed by atoms with Gasteiger partial charge in [0.25, 0.3) is 5.56 Å². The zero-order chi connectivity index (χ0) is 18.5. The maximum Gasteiger partial charge on any atom is 0.261 e. The van der Waals surface area contributed by atoms with E-state index in [9.17, 15) is 4.79 Å². The number of aryl methyl sites for hydroxylation is 1. The van der Waals surface area contributed by atoms with Crippen LogP contribution in [0.5, 0.6) is 0 Å². The molecule has 2 aromatic heterocycles. The lowest BCUT2D eigenvalue weighted by Crippen LogP contribution is -2.31. The van der Waals surface area contributed by atoms with Crippen molar-refractivity contribution in [3.8, 4) is 11.1 Å². The van der Waals surface area contributed by atoms with E-state index in [1.54, 1.807) is 11.3 Å². The van der Waals surface area contributed by atoms with Gasteiger partial charge in [-0.15, -0.1) is 11.3 Å². The molecule has 2 aliphatic rings. The molecule has 0 spiro atoms. The van der Waals surface area contributed by atoms with Crippen molar-refractivity contribution < 1.29 is 0 Å². The molecule has 2 saturated carbocycles. The molecule has 0 saturated heterocycles. The molecule has 27 heavy (non-hydrogen) atoms. The summed E-state index contributed by atoms with van der Waals surface area (Å²) in [5.74, 6) is 3.09. The number of anilines is 1. The number of nitrogens with one attached hydrogen (secondary N) is 2.